The molecular formula is C18H29NO6. The minimum absolute atomic E-state index is 0.468. The van der Waals surface area contributed by atoms with Gasteiger partial charge < -0.3 is 35.2 Å². The highest BCUT2D eigenvalue weighted by Gasteiger charge is 2.44. The van der Waals surface area contributed by atoms with Gasteiger partial charge in [-0.1, -0.05) is 26.0 Å². The summed E-state index contributed by atoms with van der Waals surface area (Å²) in [4.78, 5) is 0. The maximum Gasteiger partial charge on any atom is 0.229 e. The Morgan fingerprint density at radius 2 is 1.76 bits per heavy atom. The predicted octanol–water partition coefficient (Wildman–Crippen LogP) is 0.00100. The lowest BCUT2D eigenvalue weighted by atomic mass is 9.99. The molecule has 1 aliphatic heterocycles. The lowest BCUT2D eigenvalue weighted by Gasteiger charge is -2.39. The van der Waals surface area contributed by atoms with Gasteiger partial charge in [-0.15, -0.1) is 0 Å². The van der Waals surface area contributed by atoms with Gasteiger partial charge in [0.1, 0.15) is 30.2 Å². The van der Waals surface area contributed by atoms with Gasteiger partial charge in [-0.3, -0.25) is 0 Å². The molecule has 1 aliphatic rings. The first-order chi connectivity index (χ1) is 11.9. The normalized spacial score (nSPS) is 29.8. The van der Waals surface area contributed by atoms with Crippen molar-refractivity contribution in [2.75, 3.05) is 13.2 Å². The molecule has 1 aromatic rings. The molecule has 142 valence electrons. The van der Waals surface area contributed by atoms with E-state index in [2.05, 4.69) is 19.2 Å². The average Bonchev–Trinajstić information content (AvgIpc) is 2.60. The van der Waals surface area contributed by atoms with Gasteiger partial charge in [-0.05, 0) is 36.6 Å². The molecule has 0 aromatic heterocycles. The van der Waals surface area contributed by atoms with Gasteiger partial charge in [-0.25, -0.2) is 0 Å². The first kappa shape index (κ1) is 20.1. The fourth-order valence-corrected chi connectivity index (χ4v) is 2.61. The molecular weight excluding hydrogens is 326 g/mol. The summed E-state index contributed by atoms with van der Waals surface area (Å²) in [7, 11) is 0. The van der Waals surface area contributed by atoms with E-state index in [-0.39, 0.29) is 0 Å². The van der Waals surface area contributed by atoms with Crippen molar-refractivity contribution in [3.05, 3.63) is 29.8 Å². The zero-order valence-corrected chi connectivity index (χ0v) is 14.7. The largest absolute Gasteiger partial charge is 0.462 e. The van der Waals surface area contributed by atoms with Crippen LogP contribution in [0.1, 0.15) is 25.8 Å². The van der Waals surface area contributed by atoms with Gasteiger partial charge >= 0.3 is 0 Å². The van der Waals surface area contributed by atoms with Crippen LogP contribution in [0.2, 0.25) is 0 Å². The number of benzene rings is 1. The summed E-state index contributed by atoms with van der Waals surface area (Å²) >= 11 is 0. The van der Waals surface area contributed by atoms with Crippen molar-refractivity contribution in [3.8, 4) is 5.75 Å². The lowest BCUT2D eigenvalue weighted by molar-refractivity contribution is -0.277. The van der Waals surface area contributed by atoms with Crippen molar-refractivity contribution in [1.29, 1.82) is 0 Å². The minimum Gasteiger partial charge on any atom is -0.462 e. The Kier molecular flexibility index (Phi) is 7.61. The third-order valence-corrected chi connectivity index (χ3v) is 4.25. The predicted molar refractivity (Wildman–Crippen MR) is 92.0 cm³/mol. The van der Waals surface area contributed by atoms with Crippen LogP contribution in [0.25, 0.3) is 0 Å². The van der Waals surface area contributed by atoms with Gasteiger partial charge in [0.2, 0.25) is 6.29 Å². The van der Waals surface area contributed by atoms with Crippen molar-refractivity contribution in [3.63, 3.8) is 0 Å². The smallest absolute Gasteiger partial charge is 0.229 e. The van der Waals surface area contributed by atoms with Gasteiger partial charge in [0.15, 0.2) is 0 Å². The van der Waals surface area contributed by atoms with Crippen LogP contribution in [0.15, 0.2) is 24.3 Å². The summed E-state index contributed by atoms with van der Waals surface area (Å²) in [5.41, 5.74) is 1.10. The molecule has 1 fully saturated rings. The summed E-state index contributed by atoms with van der Waals surface area (Å²) < 4.78 is 10.9. The van der Waals surface area contributed by atoms with Crippen LogP contribution < -0.4 is 10.1 Å². The molecule has 0 aliphatic carbocycles. The first-order valence-electron chi connectivity index (χ1n) is 8.69. The van der Waals surface area contributed by atoms with E-state index < -0.39 is 37.3 Å². The fraction of sp³-hybridized carbons (Fsp3) is 0.667. The molecule has 25 heavy (non-hydrogen) atoms. The molecule has 7 nitrogen and oxygen atoms in total. The van der Waals surface area contributed by atoms with Crippen molar-refractivity contribution in [2.24, 2.45) is 5.92 Å². The summed E-state index contributed by atoms with van der Waals surface area (Å²) in [5.74, 6) is 1.14. The van der Waals surface area contributed by atoms with Crippen molar-refractivity contribution in [1.82, 2.24) is 5.32 Å². The van der Waals surface area contributed by atoms with E-state index >= 15 is 0 Å². The quantitative estimate of drug-likeness (QED) is 0.417. The van der Waals surface area contributed by atoms with Gasteiger partial charge in [-0.2, -0.15) is 0 Å². The number of hydrogen-bond donors (Lipinski definition) is 5. The summed E-state index contributed by atoms with van der Waals surface area (Å²) in [5, 5.41) is 42.1. The van der Waals surface area contributed by atoms with Crippen molar-refractivity contribution < 1.29 is 29.9 Å². The highest BCUT2D eigenvalue weighted by molar-refractivity contribution is 5.27. The van der Waals surface area contributed by atoms with Gasteiger partial charge in [0.25, 0.3) is 0 Å². The van der Waals surface area contributed by atoms with E-state index in [9.17, 15) is 20.4 Å². The third kappa shape index (κ3) is 5.64. The van der Waals surface area contributed by atoms with Crippen LogP contribution in [0, 0.1) is 5.92 Å². The second-order valence-electron chi connectivity index (χ2n) is 6.82. The molecule has 0 radical (unpaired) electrons. The van der Waals surface area contributed by atoms with Crippen LogP contribution in [0.3, 0.4) is 0 Å². The Labute approximate surface area is 148 Å². The SMILES string of the molecule is CC(C)CCNCc1ccc(OC2OC(CO)C(O)C(O)C2O)cc1. The van der Waals surface area contributed by atoms with Crippen LogP contribution in [-0.2, 0) is 11.3 Å². The molecule has 2 rings (SSSR count). The molecule has 5 atom stereocenters. The van der Waals surface area contributed by atoms with E-state index in [1.54, 1.807) is 12.1 Å². The second kappa shape index (κ2) is 9.47. The van der Waals surface area contributed by atoms with Crippen molar-refractivity contribution in [2.45, 2.75) is 57.5 Å². The standard InChI is InChI=1S/C18H29NO6/c1-11(2)7-8-19-9-12-3-5-13(6-4-12)24-18-17(23)16(22)15(21)14(10-20)25-18/h3-6,11,14-23H,7-10H2,1-2H3. The fourth-order valence-electron chi connectivity index (χ4n) is 2.61. The maximum absolute atomic E-state index is 9.97. The molecule has 0 spiro atoms. The average molecular weight is 355 g/mol. The number of aliphatic hydroxyl groups excluding tert-OH is 4. The Morgan fingerprint density at radius 3 is 2.36 bits per heavy atom. The topological polar surface area (TPSA) is 111 Å². The third-order valence-electron chi connectivity index (χ3n) is 4.25. The number of ether oxygens (including phenoxy) is 2. The highest BCUT2D eigenvalue weighted by Crippen LogP contribution is 2.24. The minimum atomic E-state index is -1.44. The highest BCUT2D eigenvalue weighted by atomic mass is 16.7. The first-order valence-corrected chi connectivity index (χ1v) is 8.69. The van der Waals surface area contributed by atoms with Crippen molar-refractivity contribution >= 4 is 0 Å². The molecule has 5 unspecified atom stereocenters. The van der Waals surface area contributed by atoms with Crippen LogP contribution in [0.4, 0.5) is 0 Å². The maximum atomic E-state index is 9.97. The number of hydrogen-bond acceptors (Lipinski definition) is 7. The molecule has 0 amide bonds. The number of aliphatic hydroxyl groups is 4. The zero-order chi connectivity index (χ0) is 18.4. The Balaban J connectivity index is 1.87. The molecule has 5 N–H and O–H groups in total. The van der Waals surface area contributed by atoms with Crippen LogP contribution >= 0.6 is 0 Å². The molecule has 0 bridgehead atoms. The molecule has 1 aromatic carbocycles. The molecule has 1 heterocycles. The zero-order valence-electron chi connectivity index (χ0n) is 14.7. The molecule has 7 heteroatoms. The van der Waals surface area contributed by atoms with Crippen LogP contribution in [-0.4, -0.2) is 64.3 Å². The van der Waals surface area contributed by atoms with E-state index in [4.69, 9.17) is 9.47 Å². The Morgan fingerprint density at radius 1 is 1.08 bits per heavy atom. The molecule has 0 saturated carbocycles. The van der Waals surface area contributed by atoms with E-state index in [0.717, 1.165) is 25.1 Å². The summed E-state index contributed by atoms with van der Waals surface area (Å²) in [6.45, 7) is 5.61. The lowest BCUT2D eigenvalue weighted by Crippen LogP contribution is -2.60. The van der Waals surface area contributed by atoms with E-state index in [0.29, 0.717) is 11.7 Å². The number of nitrogens with one attached hydrogen (secondary N) is 1. The van der Waals surface area contributed by atoms with Crippen LogP contribution in [0.5, 0.6) is 5.75 Å². The van der Waals surface area contributed by atoms with E-state index in [1.165, 1.54) is 0 Å². The number of rotatable bonds is 8. The van der Waals surface area contributed by atoms with E-state index in [1.807, 2.05) is 12.1 Å². The Hall–Kier alpha value is -1.22. The monoisotopic (exact) mass is 355 g/mol. The Bertz CT molecular complexity index is 507. The van der Waals surface area contributed by atoms with Gasteiger partial charge in [0, 0.05) is 6.54 Å². The summed E-state index contributed by atoms with van der Waals surface area (Å²) in [6.07, 6.45) is -5.26. The summed E-state index contributed by atoms with van der Waals surface area (Å²) in [6, 6.07) is 7.31. The van der Waals surface area contributed by atoms with Gasteiger partial charge in [0.05, 0.1) is 6.61 Å². The second-order valence-corrected chi connectivity index (χ2v) is 6.82. The molecule has 1 saturated heterocycles.